The topological polar surface area (TPSA) is 66.9 Å². The van der Waals surface area contributed by atoms with Gasteiger partial charge in [0.15, 0.2) is 6.61 Å². The molecular weight excluding hydrogens is 372 g/mol. The molecular formula is C18H24N2O4S2. The van der Waals surface area contributed by atoms with Crippen LogP contribution < -0.4 is 9.04 Å². The number of amides is 1. The summed E-state index contributed by atoms with van der Waals surface area (Å²) in [5.74, 6) is 0.811. The van der Waals surface area contributed by atoms with Gasteiger partial charge < -0.3 is 9.64 Å². The minimum absolute atomic E-state index is 0.0497. The van der Waals surface area contributed by atoms with Gasteiger partial charge in [-0.15, -0.1) is 11.3 Å². The van der Waals surface area contributed by atoms with Gasteiger partial charge in [0.1, 0.15) is 9.96 Å². The lowest BCUT2D eigenvalue weighted by molar-refractivity contribution is -0.132. The lowest BCUT2D eigenvalue weighted by Gasteiger charge is -2.20. The van der Waals surface area contributed by atoms with Gasteiger partial charge in [0.2, 0.25) is 0 Å². The molecule has 0 saturated carbocycles. The van der Waals surface area contributed by atoms with E-state index in [1.54, 1.807) is 53.7 Å². The fourth-order valence-corrected chi connectivity index (χ4v) is 4.70. The van der Waals surface area contributed by atoms with Gasteiger partial charge in [-0.1, -0.05) is 19.9 Å². The Morgan fingerprint density at radius 1 is 1.15 bits per heavy atom. The summed E-state index contributed by atoms with van der Waals surface area (Å²) < 4.78 is 32.0. The minimum Gasteiger partial charge on any atom is -0.484 e. The van der Waals surface area contributed by atoms with Crippen molar-refractivity contribution in [1.29, 1.82) is 0 Å². The number of sulfonamides is 1. The number of thiophene rings is 1. The van der Waals surface area contributed by atoms with Crippen LogP contribution in [0.25, 0.3) is 0 Å². The fraction of sp³-hybridized carbons (Fsp3) is 0.389. The van der Waals surface area contributed by atoms with Gasteiger partial charge in [-0.3, -0.25) is 9.10 Å². The molecule has 1 aromatic heterocycles. The normalized spacial score (nSPS) is 11.4. The van der Waals surface area contributed by atoms with E-state index in [1.165, 1.54) is 22.7 Å². The van der Waals surface area contributed by atoms with E-state index in [0.717, 1.165) is 0 Å². The van der Waals surface area contributed by atoms with E-state index in [4.69, 9.17) is 4.74 Å². The fourth-order valence-electron chi connectivity index (χ4n) is 2.34. The maximum Gasteiger partial charge on any atom is 0.273 e. The van der Waals surface area contributed by atoms with Crippen molar-refractivity contribution in [3.8, 4) is 5.75 Å². The maximum atomic E-state index is 12.5. The molecule has 0 aliphatic rings. The van der Waals surface area contributed by atoms with E-state index in [0.29, 0.717) is 28.1 Å². The number of carbonyl (C=O) groups excluding carboxylic acids is 1. The van der Waals surface area contributed by atoms with Gasteiger partial charge in [0.25, 0.3) is 15.9 Å². The molecule has 0 fully saturated rings. The molecule has 0 aliphatic heterocycles. The largest absolute Gasteiger partial charge is 0.484 e. The van der Waals surface area contributed by atoms with Crippen molar-refractivity contribution < 1.29 is 17.9 Å². The Labute approximate surface area is 159 Å². The number of hydrogen-bond acceptors (Lipinski definition) is 5. The number of nitrogens with zero attached hydrogens (tertiary/aromatic N) is 2. The Bertz CT molecular complexity index is 815. The predicted octanol–water partition coefficient (Wildman–Crippen LogP) is 3.07. The third-order valence-electron chi connectivity index (χ3n) is 3.74. The molecule has 0 atom stereocenters. The Morgan fingerprint density at radius 3 is 2.35 bits per heavy atom. The van der Waals surface area contributed by atoms with Gasteiger partial charge in [0, 0.05) is 20.6 Å². The van der Waals surface area contributed by atoms with Crippen LogP contribution >= 0.6 is 11.3 Å². The summed E-state index contributed by atoms with van der Waals surface area (Å²) in [6, 6.07) is 9.91. The van der Waals surface area contributed by atoms with Crippen LogP contribution in [0.3, 0.4) is 0 Å². The van der Waals surface area contributed by atoms with Crippen molar-refractivity contribution in [2.45, 2.75) is 18.1 Å². The first-order valence-corrected chi connectivity index (χ1v) is 10.5. The smallest absolute Gasteiger partial charge is 0.273 e. The Morgan fingerprint density at radius 2 is 1.81 bits per heavy atom. The summed E-state index contributed by atoms with van der Waals surface area (Å²) in [6.45, 7) is 4.71. The number of anilines is 1. The number of rotatable bonds is 8. The van der Waals surface area contributed by atoms with Crippen molar-refractivity contribution >= 4 is 33.0 Å². The zero-order chi connectivity index (χ0) is 19.3. The molecule has 2 rings (SSSR count). The molecule has 0 spiro atoms. The Balaban J connectivity index is 1.99. The molecule has 26 heavy (non-hydrogen) atoms. The van der Waals surface area contributed by atoms with Crippen LogP contribution in [-0.4, -0.2) is 46.5 Å². The number of carbonyl (C=O) groups is 1. The highest BCUT2D eigenvalue weighted by atomic mass is 32.2. The standard InChI is InChI=1S/C18H24N2O4S2/c1-14(2)12-19(3)17(21)13-24-16-9-7-15(8-10-16)20(4)26(22,23)18-6-5-11-25-18/h5-11,14H,12-13H2,1-4H3. The average molecular weight is 397 g/mol. The number of ether oxygens (including phenoxy) is 1. The molecule has 1 heterocycles. The first-order valence-electron chi connectivity index (χ1n) is 8.21. The van der Waals surface area contributed by atoms with Crippen molar-refractivity contribution in [1.82, 2.24) is 4.90 Å². The molecule has 2 aromatic rings. The van der Waals surface area contributed by atoms with Gasteiger partial charge >= 0.3 is 0 Å². The van der Waals surface area contributed by atoms with E-state index < -0.39 is 10.0 Å². The molecule has 6 nitrogen and oxygen atoms in total. The molecule has 8 heteroatoms. The van der Waals surface area contributed by atoms with Crippen LogP contribution in [0.15, 0.2) is 46.0 Å². The van der Waals surface area contributed by atoms with Crippen molar-refractivity contribution in [3.05, 3.63) is 41.8 Å². The summed E-state index contributed by atoms with van der Waals surface area (Å²) in [4.78, 5) is 13.6. The molecule has 0 aliphatic carbocycles. The SMILES string of the molecule is CC(C)CN(C)C(=O)COc1ccc(N(C)S(=O)(=O)c2cccs2)cc1. The first-order chi connectivity index (χ1) is 12.2. The Hall–Kier alpha value is -2.06. The molecule has 0 unspecified atom stereocenters. The highest BCUT2D eigenvalue weighted by Gasteiger charge is 2.22. The van der Waals surface area contributed by atoms with Crippen LogP contribution in [0.5, 0.6) is 5.75 Å². The number of hydrogen-bond donors (Lipinski definition) is 0. The van der Waals surface area contributed by atoms with Crippen LogP contribution in [0.1, 0.15) is 13.8 Å². The molecule has 1 aromatic carbocycles. The maximum absolute atomic E-state index is 12.5. The van der Waals surface area contributed by atoms with Gasteiger partial charge in [-0.25, -0.2) is 8.42 Å². The zero-order valence-electron chi connectivity index (χ0n) is 15.4. The van der Waals surface area contributed by atoms with E-state index in [2.05, 4.69) is 0 Å². The summed E-state index contributed by atoms with van der Waals surface area (Å²) in [5.41, 5.74) is 0.522. The second kappa shape index (κ2) is 8.55. The van der Waals surface area contributed by atoms with Crippen LogP contribution in [0, 0.1) is 5.92 Å². The van der Waals surface area contributed by atoms with Crippen molar-refractivity contribution in [3.63, 3.8) is 0 Å². The van der Waals surface area contributed by atoms with Crippen molar-refractivity contribution in [2.75, 3.05) is 31.6 Å². The second-order valence-corrected chi connectivity index (χ2v) is 9.50. The van der Waals surface area contributed by atoms with E-state index in [1.807, 2.05) is 13.8 Å². The summed E-state index contributed by atoms with van der Waals surface area (Å²) in [7, 11) is -0.301. The summed E-state index contributed by atoms with van der Waals surface area (Å²) >= 11 is 1.18. The van der Waals surface area contributed by atoms with Gasteiger partial charge in [0.05, 0.1) is 5.69 Å². The third kappa shape index (κ3) is 4.98. The monoisotopic (exact) mass is 396 g/mol. The second-order valence-electron chi connectivity index (χ2n) is 6.36. The number of likely N-dealkylation sites (N-methyl/N-ethyl adjacent to an activating group) is 1. The predicted molar refractivity (Wildman–Crippen MR) is 104 cm³/mol. The molecule has 0 bridgehead atoms. The molecule has 1 amide bonds. The molecule has 0 N–H and O–H groups in total. The molecule has 0 saturated heterocycles. The molecule has 142 valence electrons. The first kappa shape index (κ1) is 20.3. The van der Waals surface area contributed by atoms with Crippen LogP contribution in [0.4, 0.5) is 5.69 Å². The number of benzene rings is 1. The molecule has 0 radical (unpaired) electrons. The zero-order valence-corrected chi connectivity index (χ0v) is 17.0. The summed E-state index contributed by atoms with van der Waals surface area (Å²) in [6.07, 6.45) is 0. The van der Waals surface area contributed by atoms with E-state index >= 15 is 0 Å². The highest BCUT2D eigenvalue weighted by molar-refractivity contribution is 7.94. The lowest BCUT2D eigenvalue weighted by Crippen LogP contribution is -2.34. The third-order valence-corrected chi connectivity index (χ3v) is 6.90. The highest BCUT2D eigenvalue weighted by Crippen LogP contribution is 2.26. The van der Waals surface area contributed by atoms with Crippen LogP contribution in [0.2, 0.25) is 0 Å². The summed E-state index contributed by atoms with van der Waals surface area (Å²) in [5, 5.41) is 1.73. The van der Waals surface area contributed by atoms with Crippen molar-refractivity contribution in [2.24, 2.45) is 5.92 Å². The van der Waals surface area contributed by atoms with Gasteiger partial charge in [-0.05, 0) is 41.6 Å². The van der Waals surface area contributed by atoms with E-state index in [9.17, 15) is 13.2 Å². The van der Waals surface area contributed by atoms with Gasteiger partial charge in [-0.2, -0.15) is 0 Å². The quantitative estimate of drug-likeness (QED) is 0.688. The van der Waals surface area contributed by atoms with Crippen LogP contribution in [-0.2, 0) is 14.8 Å². The van der Waals surface area contributed by atoms with E-state index in [-0.39, 0.29) is 12.5 Å². The lowest BCUT2D eigenvalue weighted by atomic mass is 10.2. The Kier molecular flexibility index (Phi) is 6.66. The average Bonchev–Trinajstić information content (AvgIpc) is 3.14. The minimum atomic E-state index is -3.56.